The lowest BCUT2D eigenvalue weighted by atomic mass is 9.89. The Balaban J connectivity index is 1.46. The van der Waals surface area contributed by atoms with Crippen LogP contribution in [0.15, 0.2) is 12.1 Å². The summed E-state index contributed by atoms with van der Waals surface area (Å²) in [5.41, 5.74) is 8.02. The minimum atomic E-state index is -0.0192. The summed E-state index contributed by atoms with van der Waals surface area (Å²) in [5, 5.41) is 0. The number of pyridine rings is 1. The largest absolute Gasteiger partial charge is 0.465 e. The van der Waals surface area contributed by atoms with Crippen LogP contribution in [0.1, 0.15) is 44.2 Å². The highest BCUT2D eigenvalue weighted by atomic mass is 16.5. The number of rotatable bonds is 6. The molecule has 25 heavy (non-hydrogen) atoms. The third-order valence-corrected chi connectivity index (χ3v) is 5.02. The van der Waals surface area contributed by atoms with Gasteiger partial charge in [-0.1, -0.05) is 19.3 Å². The molecule has 1 aliphatic carbocycles. The fraction of sp³-hybridized carbons (Fsp3) is 0.684. The van der Waals surface area contributed by atoms with E-state index in [4.69, 9.17) is 15.2 Å². The van der Waals surface area contributed by atoms with Crippen LogP contribution in [0.5, 0.6) is 0 Å². The molecule has 6 heteroatoms. The summed E-state index contributed by atoms with van der Waals surface area (Å²) >= 11 is 0. The number of morpholine rings is 1. The molecular weight excluding hydrogens is 318 g/mol. The fourth-order valence-corrected chi connectivity index (χ4v) is 3.61. The van der Waals surface area contributed by atoms with E-state index in [2.05, 4.69) is 16.0 Å². The number of aryl methyl sites for hydroxylation is 1. The van der Waals surface area contributed by atoms with Crippen molar-refractivity contribution in [3.05, 3.63) is 17.8 Å². The average Bonchev–Trinajstić information content (AvgIpc) is 2.66. The number of nitrogens with zero attached hydrogens (tertiary/aromatic N) is 2. The molecule has 0 atom stereocenters. The number of esters is 1. The molecule has 3 rings (SSSR count). The number of hydrogen-bond acceptors (Lipinski definition) is 6. The maximum Gasteiger partial charge on any atom is 0.308 e. The molecule has 6 nitrogen and oxygen atoms in total. The van der Waals surface area contributed by atoms with Crippen LogP contribution in [0.2, 0.25) is 0 Å². The quantitative estimate of drug-likeness (QED) is 0.629. The molecule has 1 aromatic heterocycles. The molecule has 0 unspecified atom stereocenters. The molecule has 0 amide bonds. The van der Waals surface area contributed by atoms with Crippen LogP contribution in [0.3, 0.4) is 0 Å². The number of nitrogen functional groups attached to an aromatic ring is 1. The Hall–Kier alpha value is -1.82. The molecule has 1 saturated carbocycles. The van der Waals surface area contributed by atoms with Crippen molar-refractivity contribution in [2.75, 3.05) is 43.5 Å². The van der Waals surface area contributed by atoms with Gasteiger partial charge in [0.15, 0.2) is 0 Å². The van der Waals surface area contributed by atoms with Gasteiger partial charge < -0.3 is 20.1 Å². The molecule has 0 radical (unpaired) electrons. The molecule has 0 spiro atoms. The normalized spacial score (nSPS) is 19.0. The van der Waals surface area contributed by atoms with E-state index >= 15 is 0 Å². The van der Waals surface area contributed by atoms with Crippen LogP contribution in [0.4, 0.5) is 11.5 Å². The van der Waals surface area contributed by atoms with Crippen LogP contribution in [0.25, 0.3) is 0 Å². The van der Waals surface area contributed by atoms with Gasteiger partial charge in [0.2, 0.25) is 0 Å². The Morgan fingerprint density at radius 1 is 1.24 bits per heavy atom. The number of hydrogen-bond donors (Lipinski definition) is 1. The van der Waals surface area contributed by atoms with Crippen LogP contribution in [0, 0.1) is 5.92 Å². The van der Waals surface area contributed by atoms with E-state index in [0.29, 0.717) is 12.4 Å². The van der Waals surface area contributed by atoms with E-state index in [1.165, 1.54) is 6.42 Å². The van der Waals surface area contributed by atoms with Crippen LogP contribution >= 0.6 is 0 Å². The monoisotopic (exact) mass is 347 g/mol. The zero-order chi connectivity index (χ0) is 17.5. The molecule has 2 heterocycles. The summed E-state index contributed by atoms with van der Waals surface area (Å²) in [7, 11) is 0. The first kappa shape index (κ1) is 18.0. The second kappa shape index (κ2) is 9.04. The smallest absolute Gasteiger partial charge is 0.308 e. The minimum absolute atomic E-state index is 0.0192. The van der Waals surface area contributed by atoms with Crippen molar-refractivity contribution in [1.29, 1.82) is 0 Å². The minimum Gasteiger partial charge on any atom is -0.465 e. The fourth-order valence-electron chi connectivity index (χ4n) is 3.61. The summed E-state index contributed by atoms with van der Waals surface area (Å²) < 4.78 is 10.9. The summed E-state index contributed by atoms with van der Waals surface area (Å²) in [4.78, 5) is 18.7. The Kier molecular flexibility index (Phi) is 6.50. The molecule has 1 saturated heterocycles. The lowest BCUT2D eigenvalue weighted by Gasteiger charge is -2.29. The standard InChI is InChI=1S/C19H29N3O3/c20-18-14-17(22-8-11-24-12-9-22)13-16(21-18)7-4-10-25-19(23)15-5-2-1-3-6-15/h13-15H,1-12H2,(H2,20,21). The van der Waals surface area contributed by atoms with Crippen LogP contribution in [-0.2, 0) is 20.7 Å². The summed E-state index contributed by atoms with van der Waals surface area (Å²) in [6.45, 7) is 3.70. The second-order valence-corrected chi connectivity index (χ2v) is 6.95. The van der Waals surface area contributed by atoms with Crippen molar-refractivity contribution < 1.29 is 14.3 Å². The molecule has 2 N–H and O–H groups in total. The van der Waals surface area contributed by atoms with Crippen molar-refractivity contribution in [3.63, 3.8) is 0 Å². The van der Waals surface area contributed by atoms with Gasteiger partial charge >= 0.3 is 5.97 Å². The third kappa shape index (κ3) is 5.33. The predicted octanol–water partition coefficient (Wildman–Crippen LogP) is 2.56. The summed E-state index contributed by atoms with van der Waals surface area (Å²) in [5.74, 6) is 0.639. The first-order valence-corrected chi connectivity index (χ1v) is 9.48. The Morgan fingerprint density at radius 2 is 2.00 bits per heavy atom. The Labute approximate surface area is 149 Å². The lowest BCUT2D eigenvalue weighted by Crippen LogP contribution is -2.36. The number of ether oxygens (including phenoxy) is 2. The van der Waals surface area contributed by atoms with Crippen molar-refractivity contribution in [1.82, 2.24) is 4.98 Å². The van der Waals surface area contributed by atoms with Gasteiger partial charge in [-0.05, 0) is 31.7 Å². The first-order chi connectivity index (χ1) is 12.2. The molecule has 2 fully saturated rings. The van der Waals surface area contributed by atoms with Gasteiger partial charge in [0, 0.05) is 30.5 Å². The van der Waals surface area contributed by atoms with Gasteiger partial charge in [-0.25, -0.2) is 4.98 Å². The van der Waals surface area contributed by atoms with E-state index in [-0.39, 0.29) is 11.9 Å². The third-order valence-electron chi connectivity index (χ3n) is 5.02. The number of anilines is 2. The number of nitrogens with two attached hydrogens (primary N) is 1. The predicted molar refractivity (Wildman–Crippen MR) is 97.5 cm³/mol. The molecule has 0 aromatic carbocycles. The van der Waals surface area contributed by atoms with Crippen molar-refractivity contribution in [3.8, 4) is 0 Å². The van der Waals surface area contributed by atoms with Gasteiger partial charge in [0.05, 0.1) is 25.7 Å². The second-order valence-electron chi connectivity index (χ2n) is 6.95. The Morgan fingerprint density at radius 3 is 2.76 bits per heavy atom. The van der Waals surface area contributed by atoms with E-state index < -0.39 is 0 Å². The van der Waals surface area contributed by atoms with E-state index in [0.717, 1.165) is 76.2 Å². The average molecular weight is 347 g/mol. The van der Waals surface area contributed by atoms with Gasteiger partial charge in [0.1, 0.15) is 5.82 Å². The number of aromatic nitrogens is 1. The maximum absolute atomic E-state index is 12.0. The highest BCUT2D eigenvalue weighted by Gasteiger charge is 2.22. The number of carbonyl (C=O) groups is 1. The van der Waals surface area contributed by atoms with Crippen molar-refractivity contribution in [2.45, 2.75) is 44.9 Å². The molecule has 2 aliphatic rings. The molecule has 0 bridgehead atoms. The highest BCUT2D eigenvalue weighted by Crippen LogP contribution is 2.25. The summed E-state index contributed by atoms with van der Waals surface area (Å²) in [6.07, 6.45) is 7.06. The van der Waals surface area contributed by atoms with Gasteiger partial charge in [-0.15, -0.1) is 0 Å². The zero-order valence-corrected chi connectivity index (χ0v) is 14.9. The Bertz CT molecular complexity index is 567. The van der Waals surface area contributed by atoms with Crippen molar-refractivity contribution in [2.24, 2.45) is 5.92 Å². The maximum atomic E-state index is 12.0. The molecular formula is C19H29N3O3. The van der Waals surface area contributed by atoms with Gasteiger partial charge in [-0.3, -0.25) is 4.79 Å². The van der Waals surface area contributed by atoms with Crippen LogP contribution < -0.4 is 10.6 Å². The SMILES string of the molecule is Nc1cc(N2CCOCC2)cc(CCCOC(=O)C2CCCCC2)n1. The van der Waals surface area contributed by atoms with E-state index in [9.17, 15) is 4.79 Å². The first-order valence-electron chi connectivity index (χ1n) is 9.48. The van der Waals surface area contributed by atoms with Crippen molar-refractivity contribution >= 4 is 17.5 Å². The topological polar surface area (TPSA) is 77.7 Å². The number of carbonyl (C=O) groups excluding carboxylic acids is 1. The van der Waals surface area contributed by atoms with Gasteiger partial charge in [-0.2, -0.15) is 0 Å². The molecule has 1 aliphatic heterocycles. The summed E-state index contributed by atoms with van der Waals surface area (Å²) in [6, 6.07) is 4.00. The molecule has 138 valence electrons. The molecule has 1 aromatic rings. The van der Waals surface area contributed by atoms with E-state index in [1.807, 2.05) is 6.07 Å². The van der Waals surface area contributed by atoms with Crippen LogP contribution in [-0.4, -0.2) is 43.9 Å². The lowest BCUT2D eigenvalue weighted by molar-refractivity contribution is -0.149. The van der Waals surface area contributed by atoms with Gasteiger partial charge in [0.25, 0.3) is 0 Å². The van der Waals surface area contributed by atoms with E-state index in [1.54, 1.807) is 0 Å². The zero-order valence-electron chi connectivity index (χ0n) is 14.9. The highest BCUT2D eigenvalue weighted by molar-refractivity contribution is 5.72.